The minimum Gasteiger partial charge on any atom is -0.463 e. The SMILES string of the molecule is CCOC(=O)C1=C(C)OC(N)=C(C#N)C1c1cccc(Oc2nnc(C(F)(F)F)s2)c1. The maximum atomic E-state index is 12.7. The van der Waals surface area contributed by atoms with Gasteiger partial charge in [-0.2, -0.15) is 18.4 Å². The van der Waals surface area contributed by atoms with Crippen LogP contribution in [0.25, 0.3) is 0 Å². The molecular weight excluding hydrogens is 437 g/mol. The number of allylic oxidation sites excluding steroid dienone is 2. The Morgan fingerprint density at radius 3 is 2.74 bits per heavy atom. The fourth-order valence-electron chi connectivity index (χ4n) is 2.91. The highest BCUT2D eigenvalue weighted by atomic mass is 32.1. The Morgan fingerprint density at radius 2 is 2.13 bits per heavy atom. The number of ether oxygens (including phenoxy) is 3. The standard InChI is InChI=1S/C19H15F3N4O4S/c1-3-28-16(27)13-9(2)29-15(24)12(8-23)14(13)10-5-4-6-11(7-10)30-18-26-25-17(31-18)19(20,21)22/h4-7,14H,3,24H2,1-2H3. The number of aromatic nitrogens is 2. The first kappa shape index (κ1) is 22.1. The number of nitrogens with two attached hydrogens (primary N) is 1. The highest BCUT2D eigenvalue weighted by Crippen LogP contribution is 2.41. The van der Waals surface area contributed by atoms with E-state index in [1.807, 2.05) is 6.07 Å². The van der Waals surface area contributed by atoms with Gasteiger partial charge in [-0.3, -0.25) is 0 Å². The molecule has 1 atom stereocenters. The summed E-state index contributed by atoms with van der Waals surface area (Å²) in [4.78, 5) is 12.5. The van der Waals surface area contributed by atoms with Crippen molar-refractivity contribution in [3.05, 3.63) is 57.6 Å². The van der Waals surface area contributed by atoms with Gasteiger partial charge in [0.05, 0.1) is 18.1 Å². The molecule has 162 valence electrons. The van der Waals surface area contributed by atoms with Crippen LogP contribution in [-0.2, 0) is 20.4 Å². The van der Waals surface area contributed by atoms with Gasteiger partial charge in [0.15, 0.2) is 0 Å². The van der Waals surface area contributed by atoms with E-state index in [4.69, 9.17) is 19.9 Å². The molecule has 1 aromatic heterocycles. The molecule has 3 rings (SSSR count). The molecule has 8 nitrogen and oxygen atoms in total. The highest BCUT2D eigenvalue weighted by molar-refractivity contribution is 7.13. The Morgan fingerprint density at radius 1 is 1.39 bits per heavy atom. The summed E-state index contributed by atoms with van der Waals surface area (Å²) in [6.07, 6.45) is -4.63. The van der Waals surface area contributed by atoms with Gasteiger partial charge in [0.1, 0.15) is 23.2 Å². The van der Waals surface area contributed by atoms with Crippen molar-refractivity contribution in [1.29, 1.82) is 5.26 Å². The fourth-order valence-corrected chi connectivity index (χ4v) is 3.49. The lowest BCUT2D eigenvalue weighted by atomic mass is 9.83. The molecule has 0 radical (unpaired) electrons. The van der Waals surface area contributed by atoms with Crippen molar-refractivity contribution < 1.29 is 32.2 Å². The summed E-state index contributed by atoms with van der Waals surface area (Å²) in [5.74, 6) is -1.46. The lowest BCUT2D eigenvalue weighted by Crippen LogP contribution is -2.25. The molecule has 0 saturated heterocycles. The van der Waals surface area contributed by atoms with Crippen molar-refractivity contribution in [3.8, 4) is 17.0 Å². The summed E-state index contributed by atoms with van der Waals surface area (Å²) in [5.41, 5.74) is 6.33. The number of hydrogen-bond acceptors (Lipinski definition) is 9. The summed E-state index contributed by atoms with van der Waals surface area (Å²) in [7, 11) is 0. The Kier molecular flexibility index (Phi) is 6.16. The van der Waals surface area contributed by atoms with E-state index >= 15 is 0 Å². The molecule has 0 spiro atoms. The lowest BCUT2D eigenvalue weighted by molar-refractivity contribution is -0.139. The minimum atomic E-state index is -4.63. The van der Waals surface area contributed by atoms with E-state index in [1.165, 1.54) is 19.1 Å². The Bertz CT molecular complexity index is 1120. The van der Waals surface area contributed by atoms with Crippen LogP contribution in [0.1, 0.15) is 30.3 Å². The summed E-state index contributed by atoms with van der Waals surface area (Å²) < 4.78 is 54.0. The smallest absolute Gasteiger partial charge is 0.445 e. The molecule has 0 fully saturated rings. The molecule has 0 aliphatic carbocycles. The highest BCUT2D eigenvalue weighted by Gasteiger charge is 2.37. The second-order valence-electron chi connectivity index (χ2n) is 6.16. The number of nitriles is 1. The number of esters is 1. The number of benzene rings is 1. The van der Waals surface area contributed by atoms with Crippen molar-refractivity contribution in [3.63, 3.8) is 0 Å². The van der Waals surface area contributed by atoms with Crippen LogP contribution in [0.15, 0.2) is 47.1 Å². The van der Waals surface area contributed by atoms with Gasteiger partial charge in [0, 0.05) is 0 Å². The zero-order chi connectivity index (χ0) is 22.8. The van der Waals surface area contributed by atoms with Gasteiger partial charge in [-0.05, 0) is 31.5 Å². The molecule has 2 heterocycles. The predicted octanol–water partition coefficient (Wildman–Crippen LogP) is 3.99. The molecule has 2 N–H and O–H groups in total. The maximum absolute atomic E-state index is 12.7. The van der Waals surface area contributed by atoms with E-state index < -0.39 is 23.1 Å². The number of carbonyl (C=O) groups is 1. The van der Waals surface area contributed by atoms with Crippen LogP contribution in [0.5, 0.6) is 10.9 Å². The first-order chi connectivity index (χ1) is 14.7. The van der Waals surface area contributed by atoms with Gasteiger partial charge >= 0.3 is 12.1 Å². The molecule has 1 unspecified atom stereocenters. The van der Waals surface area contributed by atoms with Crippen LogP contribution in [0.4, 0.5) is 13.2 Å². The maximum Gasteiger partial charge on any atom is 0.445 e. The van der Waals surface area contributed by atoms with Crippen molar-refractivity contribution in [1.82, 2.24) is 10.2 Å². The summed E-state index contributed by atoms with van der Waals surface area (Å²) in [6.45, 7) is 3.25. The number of hydrogen-bond donors (Lipinski definition) is 1. The van der Waals surface area contributed by atoms with Gasteiger partial charge in [0.2, 0.25) is 10.9 Å². The second-order valence-corrected chi connectivity index (χ2v) is 7.10. The molecule has 2 aromatic rings. The molecule has 0 bridgehead atoms. The molecule has 1 aliphatic rings. The molecular formula is C19H15F3N4O4S. The Hall–Kier alpha value is -3.59. The first-order valence-corrected chi connectivity index (χ1v) is 9.61. The summed E-state index contributed by atoms with van der Waals surface area (Å²) >= 11 is 0.239. The van der Waals surface area contributed by atoms with Gasteiger partial charge in [-0.15, -0.1) is 5.10 Å². The van der Waals surface area contributed by atoms with Gasteiger partial charge in [0.25, 0.3) is 5.19 Å². The zero-order valence-corrected chi connectivity index (χ0v) is 17.0. The molecule has 1 aromatic carbocycles. The third-order valence-corrected chi connectivity index (χ3v) is 4.99. The van der Waals surface area contributed by atoms with Crippen molar-refractivity contribution >= 4 is 17.3 Å². The molecule has 0 amide bonds. The van der Waals surface area contributed by atoms with E-state index in [2.05, 4.69) is 10.2 Å². The Labute approximate surface area is 178 Å². The largest absolute Gasteiger partial charge is 0.463 e. The van der Waals surface area contributed by atoms with E-state index in [0.717, 1.165) is 0 Å². The van der Waals surface area contributed by atoms with Gasteiger partial charge in [-0.1, -0.05) is 28.6 Å². The summed E-state index contributed by atoms with van der Waals surface area (Å²) in [6, 6.07) is 8.05. The van der Waals surface area contributed by atoms with Gasteiger partial charge in [-0.25, -0.2) is 4.79 Å². The number of alkyl halides is 3. The van der Waals surface area contributed by atoms with E-state index in [0.29, 0.717) is 5.56 Å². The lowest BCUT2D eigenvalue weighted by Gasteiger charge is -2.27. The average molecular weight is 452 g/mol. The second kappa shape index (κ2) is 8.65. The average Bonchev–Trinajstić information content (AvgIpc) is 3.16. The van der Waals surface area contributed by atoms with Crippen LogP contribution >= 0.6 is 11.3 Å². The molecule has 0 saturated carbocycles. The van der Waals surface area contributed by atoms with Crippen LogP contribution in [0, 0.1) is 11.3 Å². The van der Waals surface area contributed by atoms with Crippen LogP contribution in [0.2, 0.25) is 0 Å². The topological polar surface area (TPSA) is 120 Å². The third-order valence-electron chi connectivity index (χ3n) is 4.15. The van der Waals surface area contributed by atoms with E-state index in [1.54, 1.807) is 19.1 Å². The summed E-state index contributed by atoms with van der Waals surface area (Å²) in [5, 5.41) is 14.6. The van der Waals surface area contributed by atoms with Crippen LogP contribution < -0.4 is 10.5 Å². The monoisotopic (exact) mass is 452 g/mol. The Balaban J connectivity index is 2.00. The first-order valence-electron chi connectivity index (χ1n) is 8.79. The zero-order valence-electron chi connectivity index (χ0n) is 16.2. The molecule has 12 heteroatoms. The quantitative estimate of drug-likeness (QED) is 0.676. The minimum absolute atomic E-state index is 0.0129. The van der Waals surface area contributed by atoms with E-state index in [-0.39, 0.29) is 51.7 Å². The van der Waals surface area contributed by atoms with Crippen LogP contribution in [0.3, 0.4) is 0 Å². The molecule has 1 aliphatic heterocycles. The predicted molar refractivity (Wildman–Crippen MR) is 101 cm³/mol. The van der Waals surface area contributed by atoms with E-state index in [9.17, 15) is 23.2 Å². The normalized spacial score (nSPS) is 16.6. The number of nitrogens with zero attached hydrogens (tertiary/aromatic N) is 3. The van der Waals surface area contributed by atoms with Crippen LogP contribution in [-0.4, -0.2) is 22.8 Å². The number of halogens is 3. The number of rotatable bonds is 5. The molecule has 31 heavy (non-hydrogen) atoms. The third kappa shape index (κ3) is 4.61. The van der Waals surface area contributed by atoms with Crippen molar-refractivity contribution in [2.75, 3.05) is 6.61 Å². The number of carbonyl (C=O) groups excluding carboxylic acids is 1. The van der Waals surface area contributed by atoms with Gasteiger partial charge < -0.3 is 19.9 Å². The van der Waals surface area contributed by atoms with Crippen molar-refractivity contribution in [2.24, 2.45) is 5.73 Å². The van der Waals surface area contributed by atoms with Crippen molar-refractivity contribution in [2.45, 2.75) is 25.9 Å². The fraction of sp³-hybridized carbons (Fsp3) is 0.263.